The van der Waals surface area contributed by atoms with Crippen molar-refractivity contribution in [2.24, 2.45) is 17.6 Å². The minimum atomic E-state index is -0.537. The molecule has 1 saturated carbocycles. The molecule has 1 aromatic rings. The average molecular weight is 331 g/mol. The first-order chi connectivity index (χ1) is 11.4. The van der Waals surface area contributed by atoms with Gasteiger partial charge in [0, 0.05) is 18.2 Å². The van der Waals surface area contributed by atoms with Gasteiger partial charge < -0.3 is 16.4 Å². The van der Waals surface area contributed by atoms with Gasteiger partial charge in [0.15, 0.2) is 0 Å². The molecule has 0 spiro atoms. The number of rotatable bonds is 8. The van der Waals surface area contributed by atoms with E-state index < -0.39 is 6.04 Å². The Balaban J connectivity index is 2.05. The lowest BCUT2D eigenvalue weighted by Gasteiger charge is -2.24. The molecule has 2 unspecified atom stereocenters. The molecular weight excluding hydrogens is 302 g/mol. The molecule has 0 radical (unpaired) electrons. The lowest BCUT2D eigenvalue weighted by atomic mass is 10.0. The summed E-state index contributed by atoms with van der Waals surface area (Å²) in [5.74, 6) is 0.457. The number of hydrogen-bond acceptors (Lipinski definition) is 3. The molecule has 1 aliphatic rings. The highest BCUT2D eigenvalue weighted by Gasteiger charge is 2.33. The van der Waals surface area contributed by atoms with Crippen LogP contribution in [0.2, 0.25) is 0 Å². The van der Waals surface area contributed by atoms with E-state index in [0.29, 0.717) is 30.4 Å². The van der Waals surface area contributed by atoms with Crippen LogP contribution in [0.1, 0.15) is 49.0 Å². The highest BCUT2D eigenvalue weighted by Crippen LogP contribution is 2.32. The summed E-state index contributed by atoms with van der Waals surface area (Å²) < 4.78 is 0. The fourth-order valence-electron chi connectivity index (χ4n) is 2.92. The largest absolute Gasteiger partial charge is 0.350 e. The van der Waals surface area contributed by atoms with E-state index in [9.17, 15) is 9.59 Å². The standard InChI is InChI=1S/C19H29N3O2/c1-12(2)10-16(19(24)22-17(11-20)14-8-9-14)21-18(23)15-7-5-4-6-13(15)3/h4-7,12,14,16-17H,8-11,20H2,1-3H3,(H,21,23)(H,22,24). The van der Waals surface area contributed by atoms with Gasteiger partial charge in [0.05, 0.1) is 0 Å². The fourth-order valence-corrected chi connectivity index (χ4v) is 2.92. The number of aryl methyl sites for hydroxylation is 1. The molecule has 0 aromatic heterocycles. The van der Waals surface area contributed by atoms with Crippen LogP contribution in [0.4, 0.5) is 0 Å². The molecule has 2 rings (SSSR count). The van der Waals surface area contributed by atoms with Gasteiger partial charge >= 0.3 is 0 Å². The van der Waals surface area contributed by atoms with Crippen molar-refractivity contribution in [1.82, 2.24) is 10.6 Å². The van der Waals surface area contributed by atoms with Gasteiger partial charge in [-0.05, 0) is 49.7 Å². The van der Waals surface area contributed by atoms with Crippen molar-refractivity contribution >= 4 is 11.8 Å². The summed E-state index contributed by atoms with van der Waals surface area (Å²) in [4.78, 5) is 25.2. The highest BCUT2D eigenvalue weighted by molar-refractivity contribution is 5.98. The Labute approximate surface area is 144 Å². The number of carbonyl (C=O) groups excluding carboxylic acids is 2. The second-order valence-corrected chi connectivity index (χ2v) is 7.16. The lowest BCUT2D eigenvalue weighted by molar-refractivity contribution is -0.124. The molecule has 5 heteroatoms. The molecular formula is C19H29N3O2. The molecule has 0 heterocycles. The summed E-state index contributed by atoms with van der Waals surface area (Å²) in [5.41, 5.74) is 7.28. The van der Waals surface area contributed by atoms with Crippen LogP contribution in [-0.4, -0.2) is 30.4 Å². The molecule has 0 bridgehead atoms. The number of benzene rings is 1. The Bertz CT molecular complexity index is 582. The van der Waals surface area contributed by atoms with Crippen LogP contribution in [0.15, 0.2) is 24.3 Å². The predicted molar refractivity (Wildman–Crippen MR) is 95.6 cm³/mol. The first-order valence-corrected chi connectivity index (χ1v) is 8.79. The first-order valence-electron chi connectivity index (χ1n) is 8.79. The van der Waals surface area contributed by atoms with Crippen LogP contribution in [0.3, 0.4) is 0 Å². The molecule has 1 fully saturated rings. The number of amides is 2. The SMILES string of the molecule is Cc1ccccc1C(=O)NC(CC(C)C)C(=O)NC(CN)C1CC1. The number of nitrogens with two attached hydrogens (primary N) is 1. The van der Waals surface area contributed by atoms with E-state index in [1.54, 1.807) is 6.07 Å². The van der Waals surface area contributed by atoms with Gasteiger partial charge in [-0.1, -0.05) is 32.0 Å². The molecule has 5 nitrogen and oxygen atoms in total. The van der Waals surface area contributed by atoms with Gasteiger partial charge in [-0.25, -0.2) is 0 Å². The van der Waals surface area contributed by atoms with E-state index in [0.717, 1.165) is 18.4 Å². The molecule has 1 aromatic carbocycles. The van der Waals surface area contributed by atoms with Crippen molar-refractivity contribution in [3.63, 3.8) is 0 Å². The maximum atomic E-state index is 12.7. The summed E-state index contributed by atoms with van der Waals surface area (Å²) >= 11 is 0. The number of carbonyl (C=O) groups is 2. The predicted octanol–water partition coefficient (Wildman–Crippen LogP) is 1.99. The molecule has 2 amide bonds. The van der Waals surface area contributed by atoms with Crippen molar-refractivity contribution in [2.75, 3.05) is 6.54 Å². The van der Waals surface area contributed by atoms with Crippen LogP contribution in [0.25, 0.3) is 0 Å². The van der Waals surface area contributed by atoms with E-state index in [2.05, 4.69) is 10.6 Å². The maximum Gasteiger partial charge on any atom is 0.252 e. The molecule has 2 atom stereocenters. The van der Waals surface area contributed by atoms with Crippen LogP contribution in [-0.2, 0) is 4.79 Å². The van der Waals surface area contributed by atoms with Gasteiger partial charge in [-0.2, -0.15) is 0 Å². The average Bonchev–Trinajstić information content (AvgIpc) is 3.36. The first kappa shape index (κ1) is 18.5. The summed E-state index contributed by atoms with van der Waals surface area (Å²) in [5, 5.41) is 5.93. The van der Waals surface area contributed by atoms with Crippen LogP contribution in [0, 0.1) is 18.8 Å². The third-order valence-electron chi connectivity index (χ3n) is 4.49. The molecule has 24 heavy (non-hydrogen) atoms. The van der Waals surface area contributed by atoms with Crippen molar-refractivity contribution in [3.8, 4) is 0 Å². The normalized spacial score (nSPS) is 16.5. The van der Waals surface area contributed by atoms with E-state index in [1.165, 1.54) is 0 Å². The minimum Gasteiger partial charge on any atom is -0.350 e. The Kier molecular flexibility index (Phi) is 6.37. The summed E-state index contributed by atoms with van der Waals surface area (Å²) in [6.07, 6.45) is 2.84. The fraction of sp³-hybridized carbons (Fsp3) is 0.579. The van der Waals surface area contributed by atoms with Crippen LogP contribution in [0.5, 0.6) is 0 Å². The summed E-state index contributed by atoms with van der Waals surface area (Å²) in [7, 11) is 0. The third kappa shape index (κ3) is 5.06. The van der Waals surface area contributed by atoms with Crippen molar-refractivity contribution < 1.29 is 9.59 Å². The molecule has 0 aliphatic heterocycles. The zero-order valence-corrected chi connectivity index (χ0v) is 14.8. The topological polar surface area (TPSA) is 84.2 Å². The Morgan fingerprint density at radius 1 is 1.21 bits per heavy atom. The smallest absolute Gasteiger partial charge is 0.252 e. The van der Waals surface area contributed by atoms with Gasteiger partial charge in [0.25, 0.3) is 5.91 Å². The van der Waals surface area contributed by atoms with E-state index in [4.69, 9.17) is 5.73 Å². The summed E-state index contributed by atoms with van der Waals surface area (Å²) in [6, 6.07) is 6.88. The van der Waals surface area contributed by atoms with E-state index in [1.807, 2.05) is 39.0 Å². The minimum absolute atomic E-state index is 0.0162. The Morgan fingerprint density at radius 2 is 1.88 bits per heavy atom. The Hall–Kier alpha value is -1.88. The van der Waals surface area contributed by atoms with Crippen molar-refractivity contribution in [1.29, 1.82) is 0 Å². The van der Waals surface area contributed by atoms with Gasteiger partial charge in [-0.3, -0.25) is 9.59 Å². The van der Waals surface area contributed by atoms with Crippen LogP contribution >= 0.6 is 0 Å². The zero-order chi connectivity index (χ0) is 17.7. The number of hydrogen-bond donors (Lipinski definition) is 3. The molecule has 1 aliphatic carbocycles. The Morgan fingerprint density at radius 3 is 2.42 bits per heavy atom. The number of nitrogens with one attached hydrogen (secondary N) is 2. The monoisotopic (exact) mass is 331 g/mol. The summed E-state index contributed by atoms with van der Waals surface area (Å²) in [6.45, 7) is 6.42. The van der Waals surface area contributed by atoms with Crippen molar-refractivity contribution in [3.05, 3.63) is 35.4 Å². The van der Waals surface area contributed by atoms with E-state index >= 15 is 0 Å². The van der Waals surface area contributed by atoms with Crippen LogP contribution < -0.4 is 16.4 Å². The molecule has 132 valence electrons. The zero-order valence-electron chi connectivity index (χ0n) is 14.8. The second kappa shape index (κ2) is 8.29. The van der Waals surface area contributed by atoms with Crippen molar-refractivity contribution in [2.45, 2.75) is 52.1 Å². The molecule has 4 N–H and O–H groups in total. The van der Waals surface area contributed by atoms with Gasteiger partial charge in [-0.15, -0.1) is 0 Å². The second-order valence-electron chi connectivity index (χ2n) is 7.16. The lowest BCUT2D eigenvalue weighted by Crippen LogP contribution is -2.52. The third-order valence-corrected chi connectivity index (χ3v) is 4.49. The van der Waals surface area contributed by atoms with Gasteiger partial charge in [0.2, 0.25) is 5.91 Å². The van der Waals surface area contributed by atoms with Gasteiger partial charge in [0.1, 0.15) is 6.04 Å². The van der Waals surface area contributed by atoms with E-state index in [-0.39, 0.29) is 17.9 Å². The molecule has 0 saturated heterocycles. The quantitative estimate of drug-likeness (QED) is 0.681. The maximum absolute atomic E-state index is 12.7. The highest BCUT2D eigenvalue weighted by atomic mass is 16.2.